The van der Waals surface area contributed by atoms with Gasteiger partial charge in [0.05, 0.1) is 21.5 Å². The first-order valence-corrected chi connectivity index (χ1v) is 13.1. The number of carbonyl (C=O) groups is 1. The number of para-hydroxylation sites is 2. The maximum atomic E-state index is 13.2. The van der Waals surface area contributed by atoms with E-state index in [9.17, 15) is 26.4 Å². The van der Waals surface area contributed by atoms with Gasteiger partial charge in [0.1, 0.15) is 5.82 Å². The molecule has 7 nitrogen and oxygen atoms in total. The highest BCUT2D eigenvalue weighted by atomic mass is 32.2. The lowest BCUT2D eigenvalue weighted by molar-refractivity contribution is -0.137. The molecule has 1 aliphatic rings. The minimum atomic E-state index is -4.56. The average molecular weight is 529 g/mol. The molecule has 11 heteroatoms. The van der Waals surface area contributed by atoms with Crippen molar-refractivity contribution in [3.63, 3.8) is 0 Å². The molecule has 1 aromatic heterocycles. The van der Waals surface area contributed by atoms with E-state index in [0.717, 1.165) is 35.1 Å². The molecule has 37 heavy (non-hydrogen) atoms. The number of sulfonamides is 1. The van der Waals surface area contributed by atoms with Crippen molar-refractivity contribution in [1.29, 1.82) is 0 Å². The first-order valence-electron chi connectivity index (χ1n) is 11.6. The highest BCUT2D eigenvalue weighted by molar-refractivity contribution is 7.89. The molecule has 0 saturated carbocycles. The lowest BCUT2D eigenvalue weighted by Gasteiger charge is -2.30. The first kappa shape index (κ1) is 25.0. The molecule has 5 rings (SSSR count). The number of amides is 1. The molecule has 1 saturated heterocycles. The molecule has 0 unspecified atom stereocenters. The van der Waals surface area contributed by atoms with E-state index in [-0.39, 0.29) is 22.1 Å². The van der Waals surface area contributed by atoms with E-state index in [2.05, 4.69) is 15.3 Å². The number of fused-ring (bicyclic) bond motifs is 1. The highest BCUT2D eigenvalue weighted by Crippen LogP contribution is 2.31. The Kier molecular flexibility index (Phi) is 6.50. The van der Waals surface area contributed by atoms with Crippen LogP contribution in [0.4, 0.5) is 18.9 Å². The van der Waals surface area contributed by atoms with E-state index < -0.39 is 27.7 Å². The Hall–Kier alpha value is -3.70. The summed E-state index contributed by atoms with van der Waals surface area (Å²) in [7, 11) is -3.75. The number of nitrogens with zero attached hydrogens (tertiary/aromatic N) is 2. The number of imidazole rings is 1. The highest BCUT2D eigenvalue weighted by Gasteiger charge is 2.32. The van der Waals surface area contributed by atoms with Gasteiger partial charge in [-0.1, -0.05) is 18.2 Å². The third-order valence-electron chi connectivity index (χ3n) is 6.45. The molecule has 0 bridgehead atoms. The molecule has 0 atom stereocenters. The summed E-state index contributed by atoms with van der Waals surface area (Å²) in [5.41, 5.74) is 1.02. The number of piperidine rings is 1. The van der Waals surface area contributed by atoms with Crippen LogP contribution in [0, 0.1) is 0 Å². The Bertz CT molecular complexity index is 1510. The second-order valence-corrected chi connectivity index (χ2v) is 10.8. The smallest absolute Gasteiger partial charge is 0.342 e. The van der Waals surface area contributed by atoms with Gasteiger partial charge in [0.25, 0.3) is 5.91 Å². The number of aromatic amines is 1. The summed E-state index contributed by atoms with van der Waals surface area (Å²) >= 11 is 0. The minimum Gasteiger partial charge on any atom is -0.342 e. The fourth-order valence-electron chi connectivity index (χ4n) is 4.43. The van der Waals surface area contributed by atoms with E-state index in [1.54, 1.807) is 0 Å². The summed E-state index contributed by atoms with van der Waals surface area (Å²) < 4.78 is 66.5. The molecular weight excluding hydrogens is 505 g/mol. The standard InChI is InChI=1S/C26H23F3N4O3S/c27-26(28,29)19-5-3-4-18(16-19)25(34)30-20-8-10-21(11-9-20)37(35,36)33-14-12-17(13-15-33)24-31-22-6-1-2-7-23(22)32-24/h1-11,16-17H,12-15H2,(H,30,34)(H,31,32). The lowest BCUT2D eigenvalue weighted by atomic mass is 9.97. The number of H-pyrrole nitrogens is 1. The molecule has 2 N–H and O–H groups in total. The zero-order valence-corrected chi connectivity index (χ0v) is 20.3. The summed E-state index contributed by atoms with van der Waals surface area (Å²) in [5.74, 6) is 0.265. The number of hydrogen-bond donors (Lipinski definition) is 2. The number of anilines is 1. The molecule has 4 aromatic rings. The van der Waals surface area contributed by atoms with Gasteiger partial charge in [-0.05, 0) is 67.4 Å². The number of hydrogen-bond acceptors (Lipinski definition) is 4. The Morgan fingerprint density at radius 2 is 1.68 bits per heavy atom. The third-order valence-corrected chi connectivity index (χ3v) is 8.36. The number of rotatable bonds is 5. The Labute approximate surface area is 211 Å². The van der Waals surface area contributed by atoms with Gasteiger partial charge in [-0.2, -0.15) is 17.5 Å². The molecule has 0 radical (unpaired) electrons. The first-order chi connectivity index (χ1) is 17.6. The van der Waals surface area contributed by atoms with Gasteiger partial charge < -0.3 is 10.3 Å². The van der Waals surface area contributed by atoms with Crippen molar-refractivity contribution < 1.29 is 26.4 Å². The van der Waals surface area contributed by atoms with Crippen LogP contribution in [0.3, 0.4) is 0 Å². The lowest BCUT2D eigenvalue weighted by Crippen LogP contribution is -2.38. The molecule has 3 aromatic carbocycles. The summed E-state index contributed by atoms with van der Waals surface area (Å²) in [6.45, 7) is 0.691. The quantitative estimate of drug-likeness (QED) is 0.363. The van der Waals surface area contributed by atoms with Crippen molar-refractivity contribution in [1.82, 2.24) is 14.3 Å². The van der Waals surface area contributed by atoms with Crippen LogP contribution >= 0.6 is 0 Å². The van der Waals surface area contributed by atoms with E-state index >= 15 is 0 Å². The number of aromatic nitrogens is 2. The summed E-state index contributed by atoms with van der Waals surface area (Å²) in [5, 5.41) is 2.50. The zero-order chi connectivity index (χ0) is 26.2. The molecule has 1 aliphatic heterocycles. The summed E-state index contributed by atoms with van der Waals surface area (Å²) in [4.78, 5) is 20.5. The van der Waals surface area contributed by atoms with Gasteiger partial charge in [0.15, 0.2) is 0 Å². The van der Waals surface area contributed by atoms with Crippen LogP contribution in [-0.4, -0.2) is 41.7 Å². The van der Waals surface area contributed by atoms with E-state index in [1.807, 2.05) is 24.3 Å². The minimum absolute atomic E-state index is 0.0757. The topological polar surface area (TPSA) is 95.2 Å². The van der Waals surface area contributed by atoms with Crippen molar-refractivity contribution in [2.75, 3.05) is 18.4 Å². The van der Waals surface area contributed by atoms with Gasteiger partial charge in [0.2, 0.25) is 10.0 Å². The monoisotopic (exact) mass is 528 g/mol. The molecule has 2 heterocycles. The van der Waals surface area contributed by atoms with Crippen LogP contribution in [0.5, 0.6) is 0 Å². The fraction of sp³-hybridized carbons (Fsp3) is 0.231. The zero-order valence-electron chi connectivity index (χ0n) is 19.5. The maximum Gasteiger partial charge on any atom is 0.416 e. The van der Waals surface area contributed by atoms with Gasteiger partial charge in [0, 0.05) is 30.3 Å². The van der Waals surface area contributed by atoms with E-state index in [0.29, 0.717) is 25.9 Å². The molecule has 192 valence electrons. The maximum absolute atomic E-state index is 13.2. The molecule has 1 amide bonds. The average Bonchev–Trinajstić information content (AvgIpc) is 3.33. The van der Waals surface area contributed by atoms with Crippen LogP contribution in [0.25, 0.3) is 11.0 Å². The number of benzene rings is 3. The molecule has 0 spiro atoms. The summed E-state index contributed by atoms with van der Waals surface area (Å²) in [6.07, 6.45) is -3.30. The number of carbonyl (C=O) groups excluding carboxylic acids is 1. The second kappa shape index (κ2) is 9.64. The van der Waals surface area contributed by atoms with Crippen LogP contribution in [-0.2, 0) is 16.2 Å². The van der Waals surface area contributed by atoms with Crippen LogP contribution in [0.1, 0.15) is 40.5 Å². The van der Waals surface area contributed by atoms with Gasteiger partial charge in [-0.25, -0.2) is 13.4 Å². The Balaban J connectivity index is 1.23. The van der Waals surface area contributed by atoms with E-state index in [1.165, 1.54) is 34.6 Å². The van der Waals surface area contributed by atoms with Crippen molar-refractivity contribution in [2.24, 2.45) is 0 Å². The fourth-order valence-corrected chi connectivity index (χ4v) is 5.90. The number of nitrogens with one attached hydrogen (secondary N) is 2. The summed E-state index contributed by atoms with van der Waals surface area (Å²) in [6, 6.07) is 17.4. The predicted molar refractivity (Wildman–Crippen MR) is 133 cm³/mol. The predicted octanol–water partition coefficient (Wildman–Crippen LogP) is 5.40. The molecule has 1 fully saturated rings. The van der Waals surface area contributed by atoms with Crippen molar-refractivity contribution in [3.8, 4) is 0 Å². The van der Waals surface area contributed by atoms with Crippen LogP contribution in [0.2, 0.25) is 0 Å². The second-order valence-electron chi connectivity index (χ2n) is 8.87. The molecular formula is C26H23F3N4O3S. The van der Waals surface area contributed by atoms with Crippen molar-refractivity contribution in [2.45, 2.75) is 29.8 Å². The Morgan fingerprint density at radius 3 is 2.35 bits per heavy atom. The van der Waals surface area contributed by atoms with E-state index in [4.69, 9.17) is 0 Å². The number of halogens is 3. The van der Waals surface area contributed by atoms with Crippen LogP contribution in [0.15, 0.2) is 77.7 Å². The van der Waals surface area contributed by atoms with Gasteiger partial charge in [-0.3, -0.25) is 4.79 Å². The Morgan fingerprint density at radius 1 is 0.973 bits per heavy atom. The van der Waals surface area contributed by atoms with Crippen LogP contribution < -0.4 is 5.32 Å². The van der Waals surface area contributed by atoms with Gasteiger partial charge in [-0.15, -0.1) is 0 Å². The SMILES string of the molecule is O=C(Nc1ccc(S(=O)(=O)N2CCC(c3nc4ccccc4[nH]3)CC2)cc1)c1cccc(C(F)(F)F)c1. The normalized spacial score (nSPS) is 15.6. The third kappa shape index (κ3) is 5.23. The molecule has 0 aliphatic carbocycles. The van der Waals surface area contributed by atoms with Gasteiger partial charge >= 0.3 is 6.18 Å². The largest absolute Gasteiger partial charge is 0.416 e. The number of alkyl halides is 3. The van der Waals surface area contributed by atoms with Crippen molar-refractivity contribution >= 4 is 32.7 Å². The van der Waals surface area contributed by atoms with Crippen molar-refractivity contribution in [3.05, 3.63) is 89.7 Å².